The molecular formula is C16H4N4O4. The first kappa shape index (κ1) is 13.6. The number of hydrogen-bond donors (Lipinski definition) is 0. The molecule has 0 bridgehead atoms. The molecule has 0 radical (unpaired) electrons. The molecule has 0 spiro atoms. The van der Waals surface area contributed by atoms with E-state index in [1.807, 2.05) is 0 Å². The highest BCUT2D eigenvalue weighted by atomic mass is 16.2. The third-order valence-electron chi connectivity index (χ3n) is 4.07. The van der Waals surface area contributed by atoms with Crippen LogP contribution in [0.3, 0.4) is 0 Å². The third-order valence-corrected chi connectivity index (χ3v) is 4.07. The first-order chi connectivity index (χ1) is 11.5. The summed E-state index contributed by atoms with van der Waals surface area (Å²) in [4.78, 5) is 52.6. The van der Waals surface area contributed by atoms with Crippen LogP contribution in [0.25, 0.3) is 15.7 Å². The number of benzene rings is 2. The lowest BCUT2D eigenvalue weighted by molar-refractivity contribution is 0.0660. The van der Waals surface area contributed by atoms with E-state index in [9.17, 15) is 19.2 Å². The summed E-state index contributed by atoms with van der Waals surface area (Å²) >= 11 is 0. The molecular weight excluding hydrogens is 312 g/mol. The summed E-state index contributed by atoms with van der Waals surface area (Å²) in [5.74, 6) is -3.25. The highest BCUT2D eigenvalue weighted by Crippen LogP contribution is 2.37. The number of rotatable bonds is 0. The van der Waals surface area contributed by atoms with Crippen LogP contribution in [0.5, 0.6) is 0 Å². The summed E-state index contributed by atoms with van der Waals surface area (Å²) in [6.07, 6.45) is 1.53. The Labute approximate surface area is 133 Å². The Morgan fingerprint density at radius 3 is 1.50 bits per heavy atom. The van der Waals surface area contributed by atoms with Crippen molar-refractivity contribution in [2.75, 3.05) is 0 Å². The number of imide groups is 2. The average Bonchev–Trinajstić information content (AvgIpc) is 2.58. The molecule has 8 heteroatoms. The molecule has 0 saturated heterocycles. The van der Waals surface area contributed by atoms with E-state index in [-0.39, 0.29) is 33.0 Å². The third kappa shape index (κ3) is 1.35. The van der Waals surface area contributed by atoms with Gasteiger partial charge in [-0.05, 0) is 24.3 Å². The Bertz CT molecular complexity index is 960. The number of nitriles is 1. The van der Waals surface area contributed by atoms with E-state index in [4.69, 9.17) is 11.8 Å². The molecule has 0 unspecified atom stereocenters. The zero-order valence-electron chi connectivity index (χ0n) is 11.7. The number of hydrogen-bond acceptors (Lipinski definition) is 5. The van der Waals surface area contributed by atoms with Crippen molar-refractivity contribution < 1.29 is 19.2 Å². The second kappa shape index (κ2) is 4.24. The first-order valence-corrected chi connectivity index (χ1v) is 6.65. The quantitative estimate of drug-likeness (QED) is 0.414. The minimum absolute atomic E-state index is 0.0589. The van der Waals surface area contributed by atoms with Crippen molar-refractivity contribution >= 4 is 34.4 Å². The molecule has 0 aromatic heterocycles. The monoisotopic (exact) mass is 316 g/mol. The summed E-state index contributed by atoms with van der Waals surface area (Å²) < 4.78 is 0. The summed E-state index contributed by atoms with van der Waals surface area (Å²) in [6.45, 7) is 7.00. The van der Waals surface area contributed by atoms with Gasteiger partial charge in [0.2, 0.25) is 0 Å². The molecule has 4 rings (SSSR count). The number of carbonyl (C=O) groups is 4. The molecule has 2 aromatic rings. The van der Waals surface area contributed by atoms with Gasteiger partial charge >= 0.3 is 11.8 Å². The molecule has 0 saturated carbocycles. The zero-order chi connectivity index (χ0) is 17.2. The topological polar surface area (TPSA) is 103 Å². The zero-order valence-corrected chi connectivity index (χ0v) is 11.7. The number of amides is 4. The Morgan fingerprint density at radius 1 is 0.792 bits per heavy atom. The van der Waals surface area contributed by atoms with Crippen LogP contribution in [0.15, 0.2) is 24.3 Å². The van der Waals surface area contributed by atoms with Crippen LogP contribution in [-0.4, -0.2) is 33.5 Å². The predicted molar refractivity (Wildman–Crippen MR) is 77.2 cm³/mol. The molecule has 2 aromatic carbocycles. The van der Waals surface area contributed by atoms with Gasteiger partial charge in [0.05, 0.1) is 11.1 Å². The molecule has 0 aliphatic carbocycles. The Morgan fingerprint density at radius 2 is 1.17 bits per heavy atom. The van der Waals surface area contributed by atoms with E-state index in [2.05, 4.69) is 4.95 Å². The molecule has 0 atom stereocenters. The number of nitrogens with zero attached hydrogens (tertiary/aromatic N) is 4. The second-order valence-corrected chi connectivity index (χ2v) is 5.14. The van der Waals surface area contributed by atoms with Crippen LogP contribution in [0, 0.1) is 18.0 Å². The van der Waals surface area contributed by atoms with Crippen LogP contribution in [0.1, 0.15) is 41.4 Å². The molecule has 0 N–H and O–H groups in total. The van der Waals surface area contributed by atoms with Gasteiger partial charge in [-0.15, -0.1) is 4.95 Å². The van der Waals surface area contributed by atoms with E-state index in [0.717, 1.165) is 0 Å². The summed E-state index contributed by atoms with van der Waals surface area (Å²) in [7, 11) is 0. The van der Waals surface area contributed by atoms with Gasteiger partial charge in [0.15, 0.2) is 6.19 Å². The standard InChI is InChI=1S/C16H4N4O4/c1-18-20-15(23)9-4-2-7-11-8(14(22)19(6-17)13(7)21)3-5-10(12(9)11)16(20)24/h2-5H. The predicted octanol–water partition coefficient (Wildman–Crippen LogP) is 1.35. The lowest BCUT2D eigenvalue weighted by Gasteiger charge is -2.25. The van der Waals surface area contributed by atoms with Gasteiger partial charge in [0, 0.05) is 26.9 Å². The Hall–Kier alpha value is -4.04. The Balaban J connectivity index is 2.19. The van der Waals surface area contributed by atoms with Crippen molar-refractivity contribution in [2.45, 2.75) is 0 Å². The molecule has 2 aliphatic heterocycles. The highest BCUT2D eigenvalue weighted by Gasteiger charge is 2.42. The van der Waals surface area contributed by atoms with Gasteiger partial charge in [0.1, 0.15) is 0 Å². The van der Waals surface area contributed by atoms with E-state index in [1.54, 1.807) is 0 Å². The van der Waals surface area contributed by atoms with Crippen LogP contribution in [0.4, 0.5) is 0 Å². The largest absolute Gasteiger partial charge is 0.332 e. The van der Waals surface area contributed by atoms with Gasteiger partial charge in [-0.25, -0.2) is 0 Å². The van der Waals surface area contributed by atoms with Crippen molar-refractivity contribution in [3.05, 3.63) is 58.0 Å². The lowest BCUT2D eigenvalue weighted by atomic mass is 9.86. The molecule has 8 nitrogen and oxygen atoms in total. The summed E-state index contributed by atoms with van der Waals surface area (Å²) in [5.41, 5.74) is 0.242. The number of carbonyl (C=O) groups excluding carboxylic acids is 4. The maximum Gasteiger partial charge on any atom is 0.332 e. The van der Waals surface area contributed by atoms with Crippen LogP contribution < -0.4 is 0 Å². The molecule has 2 heterocycles. The minimum Gasteiger partial charge on any atom is -0.267 e. The second-order valence-electron chi connectivity index (χ2n) is 5.14. The molecule has 112 valence electrons. The molecule has 2 aliphatic rings. The molecule has 4 amide bonds. The van der Waals surface area contributed by atoms with Gasteiger partial charge < -0.3 is 0 Å². The fourth-order valence-electron chi connectivity index (χ4n) is 3.04. The van der Waals surface area contributed by atoms with E-state index < -0.39 is 23.6 Å². The van der Waals surface area contributed by atoms with Crippen molar-refractivity contribution in [1.29, 1.82) is 5.26 Å². The van der Waals surface area contributed by atoms with E-state index in [0.29, 0.717) is 9.91 Å². The fourth-order valence-corrected chi connectivity index (χ4v) is 3.04. The van der Waals surface area contributed by atoms with Crippen molar-refractivity contribution in [3.63, 3.8) is 0 Å². The Kier molecular flexibility index (Phi) is 2.41. The van der Waals surface area contributed by atoms with E-state index >= 15 is 0 Å². The highest BCUT2D eigenvalue weighted by molar-refractivity contribution is 6.33. The fraction of sp³-hybridized carbons (Fsp3) is 0. The SMILES string of the molecule is [C-]#[N+]N1C(=O)c2ccc3c4c(ccc(c24)C1=O)C(=O)N(C#N)C3=O. The van der Waals surface area contributed by atoms with Crippen LogP contribution in [-0.2, 0) is 0 Å². The first-order valence-electron chi connectivity index (χ1n) is 6.65. The van der Waals surface area contributed by atoms with Gasteiger partial charge in [-0.2, -0.15) is 16.7 Å². The normalized spacial score (nSPS) is 15.6. The van der Waals surface area contributed by atoms with Crippen molar-refractivity contribution in [3.8, 4) is 6.19 Å². The van der Waals surface area contributed by atoms with Crippen molar-refractivity contribution in [1.82, 2.24) is 9.91 Å². The molecule has 0 fully saturated rings. The van der Waals surface area contributed by atoms with Gasteiger partial charge in [-0.1, -0.05) is 0 Å². The van der Waals surface area contributed by atoms with Crippen LogP contribution in [0.2, 0.25) is 0 Å². The van der Waals surface area contributed by atoms with Crippen molar-refractivity contribution in [2.24, 2.45) is 0 Å². The summed E-state index contributed by atoms with van der Waals surface area (Å²) in [6, 6.07) is 5.28. The van der Waals surface area contributed by atoms with Gasteiger partial charge in [-0.3, -0.25) is 19.2 Å². The lowest BCUT2D eigenvalue weighted by Crippen LogP contribution is -2.39. The maximum absolute atomic E-state index is 12.3. The van der Waals surface area contributed by atoms with Crippen LogP contribution >= 0.6 is 0 Å². The smallest absolute Gasteiger partial charge is 0.267 e. The van der Waals surface area contributed by atoms with E-state index in [1.165, 1.54) is 30.5 Å². The minimum atomic E-state index is -0.814. The van der Waals surface area contributed by atoms with Gasteiger partial charge in [0.25, 0.3) is 11.8 Å². The molecule has 24 heavy (non-hydrogen) atoms. The maximum atomic E-state index is 12.3. The summed E-state index contributed by atoms with van der Waals surface area (Å²) in [5, 5.41) is 9.76. The average molecular weight is 316 g/mol.